The fourth-order valence-corrected chi connectivity index (χ4v) is 3.18. The smallest absolute Gasteiger partial charge is 0.255 e. The summed E-state index contributed by atoms with van der Waals surface area (Å²) in [7, 11) is -3.95. The lowest BCUT2D eigenvalue weighted by Gasteiger charge is -2.12. The fraction of sp³-hybridized carbons (Fsp3) is 0.105. The van der Waals surface area contributed by atoms with Crippen molar-refractivity contribution in [2.24, 2.45) is 0 Å². The van der Waals surface area contributed by atoms with Gasteiger partial charge in [-0.15, -0.1) is 0 Å². The van der Waals surface area contributed by atoms with Crippen LogP contribution in [0.2, 0.25) is 0 Å². The summed E-state index contributed by atoms with van der Waals surface area (Å²) in [6, 6.07) is 14.0. The molecule has 0 saturated heterocycles. The van der Waals surface area contributed by atoms with Gasteiger partial charge in [0.1, 0.15) is 5.75 Å². The van der Waals surface area contributed by atoms with Crippen LogP contribution in [0.5, 0.6) is 5.75 Å². The zero-order valence-corrected chi connectivity index (χ0v) is 15.8. The average Bonchev–Trinajstić information content (AvgIpc) is 2.69. The first-order chi connectivity index (χ1) is 13.5. The van der Waals surface area contributed by atoms with Gasteiger partial charge in [-0.2, -0.15) is 0 Å². The lowest BCUT2D eigenvalue weighted by Crippen LogP contribution is -2.12. The van der Waals surface area contributed by atoms with Crippen LogP contribution in [0.15, 0.2) is 71.9 Å². The number of rotatable bonds is 7. The minimum atomic E-state index is -3.95. The van der Waals surface area contributed by atoms with E-state index in [2.05, 4.69) is 20.0 Å². The van der Waals surface area contributed by atoms with Crippen LogP contribution in [-0.4, -0.2) is 30.9 Å². The second-order valence-corrected chi connectivity index (χ2v) is 7.16. The monoisotopic (exact) mass is 397 g/mol. The summed E-state index contributed by atoms with van der Waals surface area (Å²) in [6.07, 6.45) is 2.81. The second-order valence-electron chi connectivity index (χ2n) is 5.55. The third kappa shape index (κ3) is 4.83. The molecule has 0 radical (unpaired) electrons. The van der Waals surface area contributed by atoms with Gasteiger partial charge in [0.15, 0.2) is 0 Å². The summed E-state index contributed by atoms with van der Waals surface area (Å²) >= 11 is 0. The number of nitrogens with zero attached hydrogens (tertiary/aromatic N) is 3. The van der Waals surface area contributed by atoms with Crippen molar-refractivity contribution in [2.75, 3.05) is 11.9 Å². The highest BCUT2D eigenvalue weighted by molar-refractivity contribution is 7.94. The van der Waals surface area contributed by atoms with Crippen molar-refractivity contribution >= 4 is 27.6 Å². The number of amides is 1. The molecule has 0 bridgehead atoms. The van der Waals surface area contributed by atoms with E-state index in [0.717, 1.165) is 0 Å². The fourth-order valence-electron chi connectivity index (χ4n) is 2.28. The molecule has 8 nitrogen and oxygen atoms in total. The molecule has 144 valence electrons. The average molecular weight is 397 g/mol. The summed E-state index contributed by atoms with van der Waals surface area (Å²) in [5.41, 5.74) is 0.908. The van der Waals surface area contributed by atoms with E-state index in [1.165, 1.54) is 36.7 Å². The van der Waals surface area contributed by atoms with Crippen molar-refractivity contribution in [1.29, 1.82) is 0 Å². The summed E-state index contributed by atoms with van der Waals surface area (Å²) in [4.78, 5) is 19.8. The molecule has 0 fully saturated rings. The standard InChI is InChI=1S/C19H18N4O4S/c1-2-27-16-8-4-14(5-9-16)18(24)22-15-6-10-17(11-7-15)28(25,26)23-19-20-12-3-13-21-19/h3-13H,2H2,1H3,(H2,20,21,22,23,24)/p-1. The molecule has 28 heavy (non-hydrogen) atoms. The number of nitrogens with one attached hydrogen (secondary N) is 1. The minimum Gasteiger partial charge on any atom is -0.494 e. The van der Waals surface area contributed by atoms with E-state index in [1.807, 2.05) is 6.92 Å². The molecule has 0 aliphatic rings. The van der Waals surface area contributed by atoms with Crippen LogP contribution in [0.1, 0.15) is 17.3 Å². The number of hydrogen-bond acceptors (Lipinski definition) is 6. The van der Waals surface area contributed by atoms with Gasteiger partial charge in [-0.25, -0.2) is 8.42 Å². The highest BCUT2D eigenvalue weighted by Crippen LogP contribution is 2.25. The zero-order valence-electron chi connectivity index (χ0n) is 14.9. The number of ether oxygens (including phenoxy) is 1. The van der Waals surface area contributed by atoms with E-state index >= 15 is 0 Å². The van der Waals surface area contributed by atoms with Crippen molar-refractivity contribution in [3.63, 3.8) is 0 Å². The third-order valence-electron chi connectivity index (χ3n) is 3.59. The molecule has 1 heterocycles. The Hall–Kier alpha value is -3.46. The first-order valence-corrected chi connectivity index (χ1v) is 9.81. The van der Waals surface area contributed by atoms with E-state index in [9.17, 15) is 13.2 Å². The lowest BCUT2D eigenvalue weighted by atomic mass is 10.2. The Kier molecular flexibility index (Phi) is 5.85. The summed E-state index contributed by atoms with van der Waals surface area (Å²) in [5.74, 6) is 0.219. The van der Waals surface area contributed by atoms with Gasteiger partial charge in [-0.3, -0.25) is 9.52 Å². The SMILES string of the molecule is CCOc1ccc(C(=O)Nc2ccc(S(=O)(=O)[N-]c3ncccn3)cc2)cc1. The maximum absolute atomic E-state index is 12.3. The number of carbonyl (C=O) groups is 1. The van der Waals surface area contributed by atoms with Gasteiger partial charge in [-0.05, 0) is 67.8 Å². The number of sulfonamides is 1. The van der Waals surface area contributed by atoms with Gasteiger partial charge in [0.25, 0.3) is 5.91 Å². The zero-order chi connectivity index (χ0) is 20.0. The van der Waals surface area contributed by atoms with Crippen LogP contribution in [0.25, 0.3) is 4.72 Å². The Bertz CT molecular complexity index is 1040. The summed E-state index contributed by atoms with van der Waals surface area (Å²) < 4.78 is 33.5. The van der Waals surface area contributed by atoms with Crippen LogP contribution < -0.4 is 10.1 Å². The lowest BCUT2D eigenvalue weighted by molar-refractivity contribution is 0.102. The van der Waals surface area contributed by atoms with E-state index in [1.54, 1.807) is 30.3 Å². The molecular weight excluding hydrogens is 380 g/mol. The van der Waals surface area contributed by atoms with Crippen LogP contribution in [-0.2, 0) is 10.0 Å². The Morgan fingerprint density at radius 1 is 1.04 bits per heavy atom. The Balaban J connectivity index is 1.67. The second kappa shape index (κ2) is 8.49. The molecule has 0 unspecified atom stereocenters. The molecule has 1 N–H and O–H groups in total. The van der Waals surface area contributed by atoms with E-state index in [0.29, 0.717) is 23.6 Å². The molecule has 9 heteroatoms. The molecule has 3 rings (SSSR count). The van der Waals surface area contributed by atoms with Gasteiger partial charge in [0.05, 0.1) is 11.5 Å². The van der Waals surface area contributed by atoms with Crippen molar-refractivity contribution in [3.8, 4) is 5.75 Å². The topological polar surface area (TPSA) is 112 Å². The first-order valence-electron chi connectivity index (χ1n) is 8.37. The van der Waals surface area contributed by atoms with Gasteiger partial charge < -0.3 is 20.0 Å². The number of aromatic nitrogens is 2. The largest absolute Gasteiger partial charge is 0.494 e. The molecule has 0 aliphatic carbocycles. The summed E-state index contributed by atoms with van der Waals surface area (Å²) in [6.45, 7) is 2.42. The van der Waals surface area contributed by atoms with Crippen molar-refractivity contribution < 1.29 is 17.9 Å². The normalized spacial score (nSPS) is 10.9. The molecule has 0 spiro atoms. The predicted octanol–water partition coefficient (Wildman–Crippen LogP) is 3.52. The van der Waals surface area contributed by atoms with Crippen LogP contribution in [0.3, 0.4) is 0 Å². The van der Waals surface area contributed by atoms with Gasteiger partial charge >= 0.3 is 0 Å². The first kappa shape index (κ1) is 19.3. The van der Waals surface area contributed by atoms with E-state index < -0.39 is 10.0 Å². The molecule has 0 saturated carbocycles. The van der Waals surface area contributed by atoms with Gasteiger partial charge in [0.2, 0.25) is 10.0 Å². The number of carbonyl (C=O) groups excluding carboxylic acids is 1. The van der Waals surface area contributed by atoms with Crippen molar-refractivity contribution in [1.82, 2.24) is 9.97 Å². The molecule has 1 amide bonds. The van der Waals surface area contributed by atoms with Crippen LogP contribution in [0.4, 0.5) is 11.6 Å². The highest BCUT2D eigenvalue weighted by atomic mass is 32.2. The number of benzene rings is 2. The highest BCUT2D eigenvalue weighted by Gasteiger charge is 2.12. The van der Waals surface area contributed by atoms with Crippen LogP contribution in [0, 0.1) is 0 Å². The predicted molar refractivity (Wildman–Crippen MR) is 104 cm³/mol. The molecule has 1 aromatic heterocycles. The van der Waals surface area contributed by atoms with Gasteiger partial charge in [-0.1, -0.05) is 6.07 Å². The Labute approximate surface area is 162 Å². The maximum Gasteiger partial charge on any atom is 0.255 e. The molecule has 2 aromatic carbocycles. The van der Waals surface area contributed by atoms with Crippen molar-refractivity contribution in [3.05, 3.63) is 77.3 Å². The maximum atomic E-state index is 12.3. The Morgan fingerprint density at radius 3 is 2.29 bits per heavy atom. The molecule has 0 atom stereocenters. The number of anilines is 1. The van der Waals surface area contributed by atoms with Gasteiger partial charge in [0, 0.05) is 17.2 Å². The summed E-state index contributed by atoms with van der Waals surface area (Å²) in [5, 5.41) is 2.71. The minimum absolute atomic E-state index is 0.0287. The van der Waals surface area contributed by atoms with E-state index in [4.69, 9.17) is 4.74 Å². The van der Waals surface area contributed by atoms with Crippen LogP contribution >= 0.6 is 0 Å². The quantitative estimate of drug-likeness (QED) is 0.653. The van der Waals surface area contributed by atoms with E-state index in [-0.39, 0.29) is 16.8 Å². The molecule has 3 aromatic rings. The Morgan fingerprint density at radius 2 is 1.68 bits per heavy atom. The third-order valence-corrected chi connectivity index (χ3v) is 4.86. The van der Waals surface area contributed by atoms with Crippen molar-refractivity contribution in [2.45, 2.75) is 11.8 Å². The molecule has 0 aliphatic heterocycles. The number of hydrogen-bond donors (Lipinski definition) is 1. The molecular formula is C19H17N4O4S-.